The summed E-state index contributed by atoms with van der Waals surface area (Å²) in [7, 11) is 1.76. The summed E-state index contributed by atoms with van der Waals surface area (Å²) in [6.45, 7) is 4.20. The molecular formula is C16H18OS2. The molecule has 2 aromatic carbocycles. The third-order valence-corrected chi connectivity index (χ3v) is 5.13. The van der Waals surface area contributed by atoms with Gasteiger partial charge in [-0.05, 0) is 38.1 Å². The first-order valence-electron chi connectivity index (χ1n) is 6.17. The van der Waals surface area contributed by atoms with Crippen LogP contribution in [-0.4, -0.2) is 11.9 Å². The molecule has 2 rings (SSSR count). The molecule has 0 saturated carbocycles. The Labute approximate surface area is 123 Å². The second kappa shape index (κ2) is 7.04. The van der Waals surface area contributed by atoms with E-state index in [0.717, 1.165) is 0 Å². The Balaban J connectivity index is 2.00. The van der Waals surface area contributed by atoms with Gasteiger partial charge in [0.05, 0.1) is 0 Å². The van der Waals surface area contributed by atoms with E-state index in [-0.39, 0.29) is 4.77 Å². The Kier molecular flexibility index (Phi) is 5.37. The van der Waals surface area contributed by atoms with Crippen LogP contribution < -0.4 is 0 Å². The van der Waals surface area contributed by atoms with Gasteiger partial charge in [-0.2, -0.15) is 0 Å². The fraction of sp³-hybridized carbons (Fsp3) is 0.250. The molecule has 0 N–H and O–H groups in total. The smallest absolute Gasteiger partial charge is 0.158 e. The van der Waals surface area contributed by atoms with Crippen LogP contribution in [0.3, 0.4) is 0 Å². The van der Waals surface area contributed by atoms with Crippen LogP contribution in [-0.2, 0) is 4.74 Å². The van der Waals surface area contributed by atoms with Crippen LogP contribution in [0.25, 0.3) is 0 Å². The van der Waals surface area contributed by atoms with Crippen LogP contribution in [0, 0.1) is 13.8 Å². The molecule has 3 heteroatoms. The maximum Gasteiger partial charge on any atom is 0.158 e. The first-order valence-corrected chi connectivity index (χ1v) is 7.93. The van der Waals surface area contributed by atoms with E-state index in [1.165, 1.54) is 20.9 Å². The molecule has 0 aliphatic carbocycles. The zero-order valence-electron chi connectivity index (χ0n) is 11.4. The van der Waals surface area contributed by atoms with Gasteiger partial charge in [-0.25, -0.2) is 0 Å². The van der Waals surface area contributed by atoms with Gasteiger partial charge in [0, 0.05) is 16.9 Å². The molecule has 0 bridgehead atoms. The van der Waals surface area contributed by atoms with Crippen molar-refractivity contribution in [2.24, 2.45) is 0 Å². The summed E-state index contributed by atoms with van der Waals surface area (Å²) in [6.07, 6.45) is 0. The molecule has 100 valence electrons. The molecule has 0 unspecified atom stereocenters. The van der Waals surface area contributed by atoms with Crippen molar-refractivity contribution in [3.8, 4) is 0 Å². The van der Waals surface area contributed by atoms with E-state index >= 15 is 0 Å². The molecule has 2 aromatic rings. The van der Waals surface area contributed by atoms with Gasteiger partial charge in [-0.15, -0.1) is 0 Å². The van der Waals surface area contributed by atoms with Crippen molar-refractivity contribution in [1.82, 2.24) is 0 Å². The SMILES string of the molecule is COC(Sc1ccc(C)cc1)Sc1ccc(C)cc1. The molecular weight excluding hydrogens is 272 g/mol. The number of hydrogen-bond acceptors (Lipinski definition) is 3. The van der Waals surface area contributed by atoms with Crippen molar-refractivity contribution in [2.45, 2.75) is 28.4 Å². The molecule has 0 aromatic heterocycles. The second-order valence-electron chi connectivity index (χ2n) is 4.39. The van der Waals surface area contributed by atoms with Crippen molar-refractivity contribution in [3.63, 3.8) is 0 Å². The lowest BCUT2D eigenvalue weighted by Gasteiger charge is -2.14. The topological polar surface area (TPSA) is 9.23 Å². The van der Waals surface area contributed by atoms with Gasteiger partial charge in [-0.1, -0.05) is 58.9 Å². The zero-order chi connectivity index (χ0) is 13.7. The first kappa shape index (κ1) is 14.5. The zero-order valence-corrected chi connectivity index (χ0v) is 13.1. The predicted octanol–water partition coefficient (Wildman–Crippen LogP) is 5.12. The standard InChI is InChI=1S/C16H18OS2/c1-12-4-8-14(9-5-12)18-16(17-3)19-15-10-6-13(2)7-11-15/h4-11,16H,1-3H3. The lowest BCUT2D eigenvalue weighted by atomic mass is 10.2. The minimum atomic E-state index is 0.0745. The normalized spacial score (nSPS) is 10.9. The van der Waals surface area contributed by atoms with E-state index in [1.807, 2.05) is 0 Å². The number of thioether (sulfide) groups is 2. The first-order chi connectivity index (χ1) is 9.17. The molecule has 0 heterocycles. The number of methoxy groups -OCH3 is 1. The van der Waals surface area contributed by atoms with Crippen molar-refractivity contribution in [1.29, 1.82) is 0 Å². The number of aryl methyl sites for hydroxylation is 2. The van der Waals surface area contributed by atoms with Gasteiger partial charge in [0.15, 0.2) is 4.77 Å². The summed E-state index contributed by atoms with van der Waals surface area (Å²) in [6, 6.07) is 17.1. The minimum Gasteiger partial charge on any atom is -0.360 e. The van der Waals surface area contributed by atoms with Crippen LogP contribution in [0.4, 0.5) is 0 Å². The van der Waals surface area contributed by atoms with Crippen LogP contribution in [0.5, 0.6) is 0 Å². The van der Waals surface area contributed by atoms with Crippen LogP contribution >= 0.6 is 23.5 Å². The van der Waals surface area contributed by atoms with Gasteiger partial charge in [0.2, 0.25) is 0 Å². The highest BCUT2D eigenvalue weighted by atomic mass is 32.2. The molecule has 19 heavy (non-hydrogen) atoms. The number of ether oxygens (including phenoxy) is 1. The highest BCUT2D eigenvalue weighted by molar-refractivity contribution is 8.16. The Bertz CT molecular complexity index is 458. The van der Waals surface area contributed by atoms with Gasteiger partial charge in [0.25, 0.3) is 0 Å². The van der Waals surface area contributed by atoms with Crippen LogP contribution in [0.2, 0.25) is 0 Å². The summed E-state index contributed by atoms with van der Waals surface area (Å²) < 4.78 is 5.62. The molecule has 1 nitrogen and oxygen atoms in total. The van der Waals surface area contributed by atoms with E-state index in [1.54, 1.807) is 30.6 Å². The van der Waals surface area contributed by atoms with Crippen molar-refractivity contribution < 1.29 is 4.74 Å². The highest BCUT2D eigenvalue weighted by Gasteiger charge is 2.11. The van der Waals surface area contributed by atoms with Crippen LogP contribution in [0.1, 0.15) is 11.1 Å². The maximum absolute atomic E-state index is 5.54. The third-order valence-electron chi connectivity index (χ3n) is 2.70. The summed E-state index contributed by atoms with van der Waals surface area (Å²) >= 11 is 3.47. The lowest BCUT2D eigenvalue weighted by molar-refractivity contribution is 0.235. The molecule has 0 aliphatic heterocycles. The fourth-order valence-corrected chi connectivity index (χ4v) is 3.66. The van der Waals surface area contributed by atoms with Gasteiger partial charge < -0.3 is 4.74 Å². The van der Waals surface area contributed by atoms with Crippen molar-refractivity contribution in [2.75, 3.05) is 7.11 Å². The van der Waals surface area contributed by atoms with E-state index < -0.39 is 0 Å². The monoisotopic (exact) mass is 290 g/mol. The largest absolute Gasteiger partial charge is 0.360 e. The highest BCUT2D eigenvalue weighted by Crippen LogP contribution is 2.35. The van der Waals surface area contributed by atoms with E-state index in [2.05, 4.69) is 62.4 Å². The quantitative estimate of drug-likeness (QED) is 0.559. The Morgan fingerprint density at radius 2 is 1.11 bits per heavy atom. The molecule has 0 spiro atoms. The van der Waals surface area contributed by atoms with E-state index in [4.69, 9.17) is 4.74 Å². The number of rotatable bonds is 5. The van der Waals surface area contributed by atoms with Crippen LogP contribution in [0.15, 0.2) is 58.3 Å². The molecule has 0 atom stereocenters. The van der Waals surface area contributed by atoms with E-state index in [9.17, 15) is 0 Å². The molecule has 0 fully saturated rings. The van der Waals surface area contributed by atoms with Crippen molar-refractivity contribution >= 4 is 23.5 Å². The average Bonchev–Trinajstić information content (AvgIpc) is 2.43. The molecule has 0 radical (unpaired) electrons. The minimum absolute atomic E-state index is 0.0745. The van der Waals surface area contributed by atoms with Crippen molar-refractivity contribution in [3.05, 3.63) is 59.7 Å². The maximum atomic E-state index is 5.54. The fourth-order valence-electron chi connectivity index (χ4n) is 1.58. The predicted molar refractivity (Wildman–Crippen MR) is 84.9 cm³/mol. The van der Waals surface area contributed by atoms with Gasteiger partial charge in [0.1, 0.15) is 0 Å². The number of benzene rings is 2. The lowest BCUT2D eigenvalue weighted by Crippen LogP contribution is -1.99. The Morgan fingerprint density at radius 3 is 1.42 bits per heavy atom. The summed E-state index contributed by atoms with van der Waals surface area (Å²) in [4.78, 5) is 2.47. The van der Waals surface area contributed by atoms with Gasteiger partial charge >= 0.3 is 0 Å². The summed E-state index contributed by atoms with van der Waals surface area (Å²) in [5, 5.41) is 0. The third kappa shape index (κ3) is 4.60. The Hall–Kier alpha value is -0.900. The average molecular weight is 290 g/mol. The molecule has 0 aliphatic rings. The van der Waals surface area contributed by atoms with Gasteiger partial charge in [-0.3, -0.25) is 0 Å². The summed E-state index contributed by atoms with van der Waals surface area (Å²) in [5.41, 5.74) is 2.56. The van der Waals surface area contributed by atoms with E-state index in [0.29, 0.717) is 0 Å². The Morgan fingerprint density at radius 1 is 0.737 bits per heavy atom. The second-order valence-corrected chi connectivity index (χ2v) is 6.96. The summed E-state index contributed by atoms with van der Waals surface area (Å²) in [5.74, 6) is 0. The number of hydrogen-bond donors (Lipinski definition) is 0. The molecule has 0 amide bonds. The molecule has 0 saturated heterocycles.